The minimum atomic E-state index is -0.885. The van der Waals surface area contributed by atoms with Gasteiger partial charge in [-0.2, -0.15) is 0 Å². The third kappa shape index (κ3) is 3.39. The molecule has 1 aromatic carbocycles. The molecule has 0 saturated heterocycles. The highest BCUT2D eigenvalue weighted by Crippen LogP contribution is 2.50. The predicted molar refractivity (Wildman–Crippen MR) is 97.4 cm³/mol. The molecule has 5 nitrogen and oxygen atoms in total. The van der Waals surface area contributed by atoms with E-state index in [1.54, 1.807) is 19.1 Å². The van der Waals surface area contributed by atoms with Gasteiger partial charge in [-0.15, -0.1) is 12.4 Å². The number of likely N-dealkylation sites (N-methyl/N-ethyl adjacent to an activating group) is 1. The Bertz CT molecular complexity index is 579. The number of benzene rings is 1. The average Bonchev–Trinajstić information content (AvgIpc) is 2.54. The smallest absolute Gasteiger partial charge is 0.243 e. The van der Waals surface area contributed by atoms with Crippen molar-refractivity contribution in [2.75, 3.05) is 20.8 Å². The van der Waals surface area contributed by atoms with Gasteiger partial charge in [0.05, 0.1) is 13.2 Å². The zero-order valence-electron chi connectivity index (χ0n) is 15.2. The molecule has 24 heavy (non-hydrogen) atoms. The highest BCUT2D eigenvalue weighted by atomic mass is 35.5. The first kappa shape index (κ1) is 20.7. The maximum absolute atomic E-state index is 12.9. The molecule has 2 rings (SSSR count). The van der Waals surface area contributed by atoms with E-state index in [1.165, 1.54) is 0 Å². The van der Waals surface area contributed by atoms with Crippen LogP contribution in [0.2, 0.25) is 0 Å². The highest BCUT2D eigenvalue weighted by molar-refractivity contribution is 5.88. The zero-order valence-corrected chi connectivity index (χ0v) is 16.0. The Morgan fingerprint density at radius 3 is 2.54 bits per heavy atom. The Labute approximate surface area is 150 Å². The number of carbonyl (C=O) groups is 1. The summed E-state index contributed by atoms with van der Waals surface area (Å²) in [7, 11) is 3.42. The van der Waals surface area contributed by atoms with Crippen LogP contribution in [0.25, 0.3) is 0 Å². The number of hydrogen-bond donors (Lipinski definition) is 1. The minimum Gasteiger partial charge on any atom is -0.496 e. The van der Waals surface area contributed by atoms with Gasteiger partial charge in [0.1, 0.15) is 11.3 Å². The van der Waals surface area contributed by atoms with Gasteiger partial charge in [0.25, 0.3) is 0 Å². The van der Waals surface area contributed by atoms with Crippen molar-refractivity contribution in [3.8, 4) is 5.75 Å². The molecule has 0 spiro atoms. The molecule has 2 N–H and O–H groups in total. The lowest BCUT2D eigenvalue weighted by Crippen LogP contribution is -2.75. The van der Waals surface area contributed by atoms with Crippen molar-refractivity contribution in [3.05, 3.63) is 29.8 Å². The van der Waals surface area contributed by atoms with Crippen molar-refractivity contribution >= 4 is 18.3 Å². The summed E-state index contributed by atoms with van der Waals surface area (Å²) >= 11 is 0. The predicted octanol–water partition coefficient (Wildman–Crippen LogP) is 2.61. The average molecular weight is 357 g/mol. The van der Waals surface area contributed by atoms with Crippen molar-refractivity contribution in [3.63, 3.8) is 0 Å². The number of rotatable bonds is 6. The normalized spacial score (nSPS) is 24.5. The fourth-order valence-electron chi connectivity index (χ4n) is 3.30. The van der Waals surface area contributed by atoms with Crippen LogP contribution in [0.15, 0.2) is 24.3 Å². The summed E-state index contributed by atoms with van der Waals surface area (Å²) in [6.07, 6.45) is 0.587. The summed E-state index contributed by atoms with van der Waals surface area (Å²) in [5.41, 5.74) is 6.17. The zero-order chi connectivity index (χ0) is 17.3. The van der Waals surface area contributed by atoms with E-state index in [4.69, 9.17) is 15.2 Å². The minimum absolute atomic E-state index is 0. The molecular weight excluding hydrogens is 328 g/mol. The van der Waals surface area contributed by atoms with E-state index in [0.717, 1.165) is 11.3 Å². The van der Waals surface area contributed by atoms with Gasteiger partial charge >= 0.3 is 0 Å². The quantitative estimate of drug-likeness (QED) is 0.850. The van der Waals surface area contributed by atoms with Gasteiger partial charge < -0.3 is 20.1 Å². The first-order chi connectivity index (χ1) is 10.8. The molecule has 0 aliphatic heterocycles. The second-order valence-electron chi connectivity index (χ2n) is 6.81. The number of carbonyl (C=O) groups excluding carboxylic acids is 1. The van der Waals surface area contributed by atoms with Gasteiger partial charge in [-0.3, -0.25) is 4.79 Å². The molecule has 0 heterocycles. The molecule has 0 aromatic heterocycles. The van der Waals surface area contributed by atoms with Crippen LogP contribution in [0.1, 0.15) is 32.8 Å². The lowest BCUT2D eigenvalue weighted by molar-refractivity contribution is -0.178. The summed E-state index contributed by atoms with van der Waals surface area (Å²) < 4.78 is 11.1. The number of para-hydroxylation sites is 1. The Balaban J connectivity index is 0.00000288. The Kier molecular flexibility index (Phi) is 6.67. The van der Waals surface area contributed by atoms with E-state index < -0.39 is 5.54 Å². The van der Waals surface area contributed by atoms with E-state index in [9.17, 15) is 4.79 Å². The van der Waals surface area contributed by atoms with E-state index in [2.05, 4.69) is 0 Å². The SMILES string of the molecule is CCOC1CC(N)(C(=O)N(C)Cc2ccccc2OC)C1(C)C.Cl. The second-order valence-corrected chi connectivity index (χ2v) is 6.81. The molecule has 0 bridgehead atoms. The highest BCUT2D eigenvalue weighted by Gasteiger charge is 2.63. The van der Waals surface area contributed by atoms with Crippen molar-refractivity contribution in [2.24, 2.45) is 11.1 Å². The summed E-state index contributed by atoms with van der Waals surface area (Å²) in [5.74, 6) is 0.725. The van der Waals surface area contributed by atoms with Gasteiger partial charge in [0.2, 0.25) is 5.91 Å². The molecule has 136 valence electrons. The molecule has 2 atom stereocenters. The number of methoxy groups -OCH3 is 1. The van der Waals surface area contributed by atoms with Crippen LogP contribution >= 0.6 is 12.4 Å². The Hall–Kier alpha value is -1.30. The van der Waals surface area contributed by atoms with Crippen molar-refractivity contribution in [1.29, 1.82) is 0 Å². The maximum atomic E-state index is 12.9. The standard InChI is InChI=1S/C18H28N2O3.ClH/c1-6-23-15-11-18(19,17(15,2)3)16(21)20(4)12-13-9-7-8-10-14(13)22-5;/h7-10,15H,6,11-12,19H2,1-5H3;1H. The van der Waals surface area contributed by atoms with Crippen LogP contribution in [-0.2, 0) is 16.1 Å². The monoisotopic (exact) mass is 356 g/mol. The van der Waals surface area contributed by atoms with Gasteiger partial charge in [0, 0.05) is 37.6 Å². The van der Waals surface area contributed by atoms with Crippen LogP contribution in [0.5, 0.6) is 5.75 Å². The third-order valence-electron chi connectivity index (χ3n) is 5.16. The third-order valence-corrected chi connectivity index (χ3v) is 5.16. The number of nitrogens with zero attached hydrogens (tertiary/aromatic N) is 1. The van der Waals surface area contributed by atoms with Gasteiger partial charge in [-0.1, -0.05) is 32.0 Å². The van der Waals surface area contributed by atoms with Crippen molar-refractivity contribution in [1.82, 2.24) is 4.90 Å². The molecule has 1 saturated carbocycles. The van der Waals surface area contributed by atoms with Gasteiger partial charge in [-0.25, -0.2) is 0 Å². The van der Waals surface area contributed by atoms with Gasteiger partial charge in [-0.05, 0) is 13.0 Å². The van der Waals surface area contributed by atoms with E-state index in [-0.39, 0.29) is 29.8 Å². The molecular formula is C18H29ClN2O3. The summed E-state index contributed by atoms with van der Waals surface area (Å²) in [5, 5.41) is 0. The van der Waals surface area contributed by atoms with Crippen LogP contribution in [0.4, 0.5) is 0 Å². The topological polar surface area (TPSA) is 64.8 Å². The molecule has 0 radical (unpaired) electrons. The number of hydrogen-bond acceptors (Lipinski definition) is 4. The molecule has 2 unspecified atom stereocenters. The van der Waals surface area contributed by atoms with Crippen LogP contribution in [-0.4, -0.2) is 43.2 Å². The molecule has 1 aliphatic rings. The molecule has 1 aliphatic carbocycles. The Morgan fingerprint density at radius 2 is 2.00 bits per heavy atom. The first-order valence-electron chi connectivity index (χ1n) is 8.06. The van der Waals surface area contributed by atoms with Crippen molar-refractivity contribution < 1.29 is 14.3 Å². The number of nitrogens with two attached hydrogens (primary N) is 1. The van der Waals surface area contributed by atoms with Crippen molar-refractivity contribution in [2.45, 2.75) is 45.4 Å². The molecule has 1 aromatic rings. The molecule has 1 fully saturated rings. The molecule has 6 heteroatoms. The van der Waals surface area contributed by atoms with Gasteiger partial charge in [0.15, 0.2) is 0 Å². The lowest BCUT2D eigenvalue weighted by Gasteiger charge is -2.58. The van der Waals surface area contributed by atoms with E-state index >= 15 is 0 Å². The largest absolute Gasteiger partial charge is 0.496 e. The number of amides is 1. The second kappa shape index (κ2) is 7.72. The summed E-state index contributed by atoms with van der Waals surface area (Å²) in [6.45, 7) is 7.08. The van der Waals surface area contributed by atoms with Crippen LogP contribution in [0, 0.1) is 5.41 Å². The lowest BCUT2D eigenvalue weighted by atomic mass is 9.54. The van der Waals surface area contributed by atoms with Crippen LogP contribution in [0.3, 0.4) is 0 Å². The summed E-state index contributed by atoms with van der Waals surface area (Å²) in [6, 6.07) is 7.70. The fourth-order valence-corrected chi connectivity index (χ4v) is 3.30. The molecule has 1 amide bonds. The Morgan fingerprint density at radius 1 is 1.38 bits per heavy atom. The number of ether oxygens (including phenoxy) is 2. The summed E-state index contributed by atoms with van der Waals surface area (Å²) in [4.78, 5) is 14.6. The van der Waals surface area contributed by atoms with E-state index in [0.29, 0.717) is 19.6 Å². The number of halogens is 1. The fraction of sp³-hybridized carbons (Fsp3) is 0.611. The van der Waals surface area contributed by atoms with Crippen LogP contribution < -0.4 is 10.5 Å². The van der Waals surface area contributed by atoms with E-state index in [1.807, 2.05) is 45.0 Å². The first-order valence-corrected chi connectivity index (χ1v) is 8.06. The maximum Gasteiger partial charge on any atom is 0.243 e.